The Hall–Kier alpha value is -3.04. The molecule has 1 fully saturated rings. The van der Waals surface area contributed by atoms with Crippen LogP contribution in [0.5, 0.6) is 0 Å². The molecule has 0 bridgehead atoms. The third-order valence-corrected chi connectivity index (χ3v) is 6.73. The normalized spacial score (nSPS) is 14.1. The molecule has 1 aromatic carbocycles. The van der Waals surface area contributed by atoms with Gasteiger partial charge in [-0.2, -0.15) is 0 Å². The summed E-state index contributed by atoms with van der Waals surface area (Å²) in [6, 6.07) is 6.12. The Balaban J connectivity index is 1.91. The monoisotopic (exact) mass is 485 g/mol. The van der Waals surface area contributed by atoms with Gasteiger partial charge in [-0.3, -0.25) is 9.59 Å². The van der Waals surface area contributed by atoms with Crippen LogP contribution in [-0.4, -0.2) is 53.6 Å². The molecule has 2 aromatic heterocycles. The summed E-state index contributed by atoms with van der Waals surface area (Å²) in [6.45, 7) is 4.95. The van der Waals surface area contributed by atoms with E-state index in [0.717, 1.165) is 18.9 Å². The maximum atomic E-state index is 15.6. The number of carboxylic acid groups (broad SMARTS) is 1. The molecule has 3 aromatic rings. The van der Waals surface area contributed by atoms with Gasteiger partial charge in [-0.1, -0.05) is 19.9 Å². The topological polar surface area (TPSA) is 82.8 Å². The zero-order chi connectivity index (χ0) is 24.8. The number of fused-ring (bicyclic) bond motifs is 1. The molecule has 0 aliphatic heterocycles. The average Bonchev–Trinajstić information content (AvgIpc) is 3.43. The van der Waals surface area contributed by atoms with Crippen molar-refractivity contribution in [1.29, 1.82) is 0 Å². The zero-order valence-corrected chi connectivity index (χ0v) is 20.5. The first kappa shape index (κ1) is 24.1. The van der Waals surface area contributed by atoms with Crippen molar-refractivity contribution in [2.24, 2.45) is 5.41 Å². The fourth-order valence-electron chi connectivity index (χ4n) is 4.51. The number of thiophene rings is 1. The van der Waals surface area contributed by atoms with Crippen LogP contribution in [0.25, 0.3) is 10.9 Å². The smallest absolute Gasteiger partial charge is 0.341 e. The summed E-state index contributed by atoms with van der Waals surface area (Å²) in [5.41, 5.74) is -0.960. The summed E-state index contributed by atoms with van der Waals surface area (Å²) < 4.78 is 17.3. The van der Waals surface area contributed by atoms with Crippen LogP contribution in [0.2, 0.25) is 0 Å². The van der Waals surface area contributed by atoms with Crippen molar-refractivity contribution < 1.29 is 19.1 Å². The molecule has 0 unspecified atom stereocenters. The van der Waals surface area contributed by atoms with Crippen molar-refractivity contribution in [1.82, 2.24) is 9.47 Å². The number of benzene rings is 1. The number of pyridine rings is 1. The van der Waals surface area contributed by atoms with Crippen LogP contribution in [0.3, 0.4) is 0 Å². The molecule has 34 heavy (non-hydrogen) atoms. The van der Waals surface area contributed by atoms with E-state index < -0.39 is 17.2 Å². The Morgan fingerprint density at radius 1 is 1.24 bits per heavy atom. The third-order valence-electron chi connectivity index (χ3n) is 5.87. The summed E-state index contributed by atoms with van der Waals surface area (Å²) in [4.78, 5) is 41.9. The maximum Gasteiger partial charge on any atom is 0.341 e. The van der Waals surface area contributed by atoms with Gasteiger partial charge in [0.2, 0.25) is 5.43 Å². The van der Waals surface area contributed by atoms with E-state index in [2.05, 4.69) is 0 Å². The van der Waals surface area contributed by atoms with E-state index in [1.807, 2.05) is 32.8 Å². The number of carbonyl (C=O) groups excluding carboxylic acids is 1. The van der Waals surface area contributed by atoms with E-state index >= 15 is 4.39 Å². The molecule has 1 aliphatic carbocycles. The molecule has 0 spiro atoms. The Morgan fingerprint density at radius 3 is 2.50 bits per heavy atom. The van der Waals surface area contributed by atoms with Crippen LogP contribution < -0.4 is 10.3 Å². The first-order valence-electron chi connectivity index (χ1n) is 11.1. The highest BCUT2D eigenvalue weighted by Gasteiger charge is 2.32. The fourth-order valence-corrected chi connectivity index (χ4v) is 5.18. The predicted molar refractivity (Wildman–Crippen MR) is 132 cm³/mol. The summed E-state index contributed by atoms with van der Waals surface area (Å²) in [7, 11) is 3.89. The highest BCUT2D eigenvalue weighted by atomic mass is 32.1. The lowest BCUT2D eigenvalue weighted by atomic mass is 9.91. The molecule has 1 N–H and O–H groups in total. The van der Waals surface area contributed by atoms with E-state index in [9.17, 15) is 19.5 Å². The van der Waals surface area contributed by atoms with Gasteiger partial charge in [0, 0.05) is 30.7 Å². The molecule has 7 nitrogen and oxygen atoms in total. The van der Waals surface area contributed by atoms with Gasteiger partial charge < -0.3 is 19.5 Å². The molecule has 1 amide bonds. The molecule has 0 radical (unpaired) electrons. The summed E-state index contributed by atoms with van der Waals surface area (Å²) in [6.07, 6.45) is 3.03. The first-order chi connectivity index (χ1) is 16.0. The van der Waals surface area contributed by atoms with Gasteiger partial charge in [0.05, 0.1) is 16.1 Å². The molecular weight excluding hydrogens is 457 g/mol. The van der Waals surface area contributed by atoms with E-state index in [1.165, 1.54) is 28.5 Å². The number of nitrogens with zero attached hydrogens (tertiary/aromatic N) is 3. The standard InChI is InChI=1S/C25H28FN3O4S/c1-25(2,13-27(3)4)14-29(23(31)21-6-5-9-34-21)20-11-19-16(10-18(20)26)22(30)17(24(32)33)12-28(19)15-7-8-15/h5-6,9-12,15H,7-8,13-14H2,1-4H3,(H,32,33). The van der Waals surface area contributed by atoms with Crippen molar-refractivity contribution in [3.63, 3.8) is 0 Å². The van der Waals surface area contributed by atoms with Crippen LogP contribution in [0.4, 0.5) is 10.1 Å². The lowest BCUT2D eigenvalue weighted by Crippen LogP contribution is -2.43. The second-order valence-electron chi connectivity index (χ2n) is 9.91. The van der Waals surface area contributed by atoms with Crippen molar-refractivity contribution in [3.05, 3.63) is 62.3 Å². The Kier molecular flexibility index (Phi) is 6.35. The van der Waals surface area contributed by atoms with Gasteiger partial charge in [-0.05, 0) is 55.9 Å². The lowest BCUT2D eigenvalue weighted by Gasteiger charge is -2.35. The number of amides is 1. The van der Waals surface area contributed by atoms with E-state index in [0.29, 0.717) is 16.9 Å². The first-order valence-corrected chi connectivity index (χ1v) is 12.0. The van der Waals surface area contributed by atoms with Gasteiger partial charge in [0.1, 0.15) is 11.4 Å². The minimum absolute atomic E-state index is 0.00382. The fraction of sp³-hybridized carbons (Fsp3) is 0.400. The summed E-state index contributed by atoms with van der Waals surface area (Å²) >= 11 is 1.28. The molecule has 0 atom stereocenters. The van der Waals surface area contributed by atoms with Crippen molar-refractivity contribution in [2.75, 3.05) is 32.1 Å². The minimum Gasteiger partial charge on any atom is -0.477 e. The van der Waals surface area contributed by atoms with Gasteiger partial charge in [0.15, 0.2) is 0 Å². The van der Waals surface area contributed by atoms with E-state index in [1.54, 1.807) is 22.1 Å². The average molecular weight is 486 g/mol. The number of halogens is 1. The highest BCUT2D eigenvalue weighted by molar-refractivity contribution is 7.12. The van der Waals surface area contributed by atoms with Gasteiger partial charge in [-0.15, -0.1) is 11.3 Å². The number of aromatic carboxylic acids is 1. The number of carbonyl (C=O) groups is 2. The summed E-state index contributed by atoms with van der Waals surface area (Å²) in [5.74, 6) is -2.40. The van der Waals surface area contributed by atoms with Crippen molar-refractivity contribution >= 4 is 39.8 Å². The lowest BCUT2D eigenvalue weighted by molar-refractivity contribution is 0.0694. The van der Waals surface area contributed by atoms with Crippen LogP contribution >= 0.6 is 11.3 Å². The molecule has 9 heteroatoms. The Bertz CT molecular complexity index is 1310. The van der Waals surface area contributed by atoms with Crippen molar-refractivity contribution in [2.45, 2.75) is 32.7 Å². The number of carboxylic acids is 1. The van der Waals surface area contributed by atoms with E-state index in [-0.39, 0.29) is 40.5 Å². The van der Waals surface area contributed by atoms with Gasteiger partial charge >= 0.3 is 5.97 Å². The Labute approximate surface area is 201 Å². The predicted octanol–water partition coefficient (Wildman–Crippen LogP) is 4.47. The number of hydrogen-bond acceptors (Lipinski definition) is 5. The van der Waals surface area contributed by atoms with Gasteiger partial charge in [-0.25, -0.2) is 9.18 Å². The molecular formula is C25H28FN3O4S. The Morgan fingerprint density at radius 2 is 1.94 bits per heavy atom. The third kappa shape index (κ3) is 4.76. The van der Waals surface area contributed by atoms with Crippen LogP contribution in [0, 0.1) is 11.2 Å². The molecule has 180 valence electrons. The molecule has 2 heterocycles. The second kappa shape index (κ2) is 8.96. The van der Waals surface area contributed by atoms with Crippen LogP contribution in [0.15, 0.2) is 40.6 Å². The number of rotatable bonds is 8. The number of aromatic nitrogens is 1. The van der Waals surface area contributed by atoms with Crippen LogP contribution in [0.1, 0.15) is 52.8 Å². The van der Waals surface area contributed by atoms with Gasteiger partial charge in [0.25, 0.3) is 5.91 Å². The largest absolute Gasteiger partial charge is 0.477 e. The summed E-state index contributed by atoms with van der Waals surface area (Å²) in [5, 5.41) is 11.3. The van der Waals surface area contributed by atoms with Crippen molar-refractivity contribution in [3.8, 4) is 0 Å². The zero-order valence-electron chi connectivity index (χ0n) is 19.7. The second-order valence-corrected chi connectivity index (χ2v) is 10.9. The minimum atomic E-state index is -1.34. The molecule has 1 saturated carbocycles. The number of anilines is 1. The molecule has 4 rings (SSSR count). The molecule has 1 aliphatic rings. The van der Waals surface area contributed by atoms with E-state index in [4.69, 9.17) is 0 Å². The van der Waals surface area contributed by atoms with Crippen LogP contribution in [-0.2, 0) is 0 Å². The quantitative estimate of drug-likeness (QED) is 0.509. The highest BCUT2D eigenvalue weighted by Crippen LogP contribution is 2.38. The maximum absolute atomic E-state index is 15.6. The number of hydrogen-bond donors (Lipinski definition) is 1. The SMILES string of the molecule is CN(C)CC(C)(C)CN(C(=O)c1cccs1)c1cc2c(cc1F)c(=O)c(C(=O)O)cn2C1CC1. The molecule has 0 saturated heterocycles.